The zero-order valence-corrected chi connectivity index (χ0v) is 7.69. The average molecular weight is 184 g/mol. The molecule has 0 saturated heterocycles. The van der Waals surface area contributed by atoms with E-state index >= 15 is 0 Å². The number of hydrogen-bond acceptors (Lipinski definition) is 3. The highest BCUT2D eigenvalue weighted by Gasteiger charge is 1.94. The summed E-state index contributed by atoms with van der Waals surface area (Å²) in [4.78, 5) is 3.95. The first-order valence-corrected chi connectivity index (χ1v) is 4.20. The maximum absolute atomic E-state index is 4.94. The monoisotopic (exact) mass is 184 g/mol. The van der Waals surface area contributed by atoms with Gasteiger partial charge in [-0.1, -0.05) is 11.1 Å². The predicted octanol–water partition coefficient (Wildman–Crippen LogP) is 1.78. The van der Waals surface area contributed by atoms with Crippen LogP contribution in [0.1, 0.15) is 17.0 Å². The van der Waals surface area contributed by atoms with Crippen LogP contribution in [0.4, 0.5) is 0 Å². The Bertz CT molecular complexity index is 477. The van der Waals surface area contributed by atoms with Crippen molar-refractivity contribution in [3.05, 3.63) is 47.6 Å². The second-order valence-electron chi connectivity index (χ2n) is 2.82. The van der Waals surface area contributed by atoms with E-state index in [0.29, 0.717) is 5.76 Å². The van der Waals surface area contributed by atoms with E-state index in [1.807, 2.05) is 19.1 Å². The first kappa shape index (κ1) is 8.52. The number of rotatable bonds is 0. The van der Waals surface area contributed by atoms with Gasteiger partial charge in [-0.05, 0) is 25.0 Å². The molecule has 0 amide bonds. The molecule has 0 spiro atoms. The zero-order valence-electron chi connectivity index (χ0n) is 7.69. The second kappa shape index (κ2) is 3.75. The summed E-state index contributed by atoms with van der Waals surface area (Å²) in [6, 6.07) is 5.53. The van der Waals surface area contributed by atoms with Crippen LogP contribution in [-0.2, 0) is 0 Å². The zero-order chi connectivity index (χ0) is 9.80. The fourth-order valence-electron chi connectivity index (χ4n) is 0.993. The van der Waals surface area contributed by atoms with Crippen molar-refractivity contribution in [2.75, 3.05) is 0 Å². The number of nitrogens with zero attached hydrogens (tertiary/aromatic N) is 2. The van der Waals surface area contributed by atoms with Crippen molar-refractivity contribution < 1.29 is 4.52 Å². The van der Waals surface area contributed by atoms with E-state index in [2.05, 4.69) is 22.0 Å². The van der Waals surface area contributed by atoms with Gasteiger partial charge in [0.2, 0.25) is 5.76 Å². The van der Waals surface area contributed by atoms with Crippen molar-refractivity contribution in [3.63, 3.8) is 0 Å². The first-order chi connectivity index (χ1) is 6.84. The van der Waals surface area contributed by atoms with Crippen molar-refractivity contribution in [2.24, 2.45) is 0 Å². The molecule has 3 heteroatoms. The predicted molar refractivity (Wildman–Crippen MR) is 51.5 cm³/mol. The van der Waals surface area contributed by atoms with Crippen molar-refractivity contribution in [2.45, 2.75) is 6.92 Å². The van der Waals surface area contributed by atoms with E-state index in [4.69, 9.17) is 4.52 Å². The quantitative estimate of drug-likeness (QED) is 0.586. The molecule has 0 aliphatic carbocycles. The lowest BCUT2D eigenvalue weighted by molar-refractivity contribution is 0.406. The van der Waals surface area contributed by atoms with Gasteiger partial charge in [-0.2, -0.15) is 0 Å². The molecule has 0 N–H and O–H groups in total. The fourth-order valence-corrected chi connectivity index (χ4v) is 0.993. The molecule has 2 rings (SSSR count). The molecule has 0 unspecified atom stereocenters. The van der Waals surface area contributed by atoms with Gasteiger partial charge >= 0.3 is 0 Å². The topological polar surface area (TPSA) is 38.9 Å². The van der Waals surface area contributed by atoms with Gasteiger partial charge in [0.05, 0.1) is 5.69 Å². The molecule has 0 radical (unpaired) electrons. The summed E-state index contributed by atoms with van der Waals surface area (Å²) in [6.07, 6.45) is 3.42. The molecule has 2 heterocycles. The fraction of sp³-hybridized carbons (Fsp3) is 0.0909. The molecule has 0 saturated carbocycles. The Hall–Kier alpha value is -2.08. The largest absolute Gasteiger partial charge is 0.347 e. The molecule has 3 nitrogen and oxygen atoms in total. The van der Waals surface area contributed by atoms with E-state index in [-0.39, 0.29) is 0 Å². The summed E-state index contributed by atoms with van der Waals surface area (Å²) in [6.45, 7) is 1.86. The third-order valence-electron chi connectivity index (χ3n) is 1.62. The standard InChI is InChI=1S/C11H8N2O/c1-9-7-11(14-13-9)5-4-10-3-2-6-12-8-10/h2-3,6-8H,1H3. The minimum absolute atomic E-state index is 0.575. The minimum atomic E-state index is 0.575. The van der Waals surface area contributed by atoms with Crippen LogP contribution in [0.3, 0.4) is 0 Å². The number of hydrogen-bond donors (Lipinski definition) is 0. The lowest BCUT2D eigenvalue weighted by Crippen LogP contribution is -1.75. The Morgan fingerprint density at radius 2 is 2.29 bits per heavy atom. The molecular weight excluding hydrogens is 176 g/mol. The molecule has 0 aromatic carbocycles. The summed E-state index contributed by atoms with van der Waals surface area (Å²) in [5.74, 6) is 6.37. The Morgan fingerprint density at radius 3 is 2.93 bits per heavy atom. The molecule has 68 valence electrons. The van der Waals surface area contributed by atoms with Crippen LogP contribution < -0.4 is 0 Å². The van der Waals surface area contributed by atoms with Crippen LogP contribution in [0.15, 0.2) is 35.1 Å². The van der Waals surface area contributed by atoms with Crippen molar-refractivity contribution >= 4 is 0 Å². The molecule has 0 fully saturated rings. The lowest BCUT2D eigenvalue weighted by Gasteiger charge is -1.84. The summed E-state index contributed by atoms with van der Waals surface area (Å²) in [5.41, 5.74) is 1.70. The van der Waals surface area contributed by atoms with E-state index in [0.717, 1.165) is 11.3 Å². The first-order valence-electron chi connectivity index (χ1n) is 4.20. The SMILES string of the molecule is Cc1cc(C#Cc2cccnc2)on1. The van der Waals surface area contributed by atoms with Gasteiger partial charge in [-0.25, -0.2) is 0 Å². The Balaban J connectivity index is 2.23. The Kier molecular flexibility index (Phi) is 2.28. The van der Waals surface area contributed by atoms with Gasteiger partial charge in [0.15, 0.2) is 0 Å². The molecule has 0 atom stereocenters. The highest BCUT2D eigenvalue weighted by molar-refractivity contribution is 5.37. The van der Waals surface area contributed by atoms with Crippen LogP contribution in [0.2, 0.25) is 0 Å². The molecule has 2 aromatic rings. The van der Waals surface area contributed by atoms with Crippen LogP contribution in [0, 0.1) is 18.8 Å². The molecular formula is C11H8N2O. The average Bonchev–Trinajstić information content (AvgIpc) is 2.63. The second-order valence-corrected chi connectivity index (χ2v) is 2.82. The summed E-state index contributed by atoms with van der Waals surface area (Å²) >= 11 is 0. The van der Waals surface area contributed by atoms with E-state index in [1.165, 1.54) is 0 Å². The third-order valence-corrected chi connectivity index (χ3v) is 1.62. The molecule has 0 aliphatic rings. The number of pyridine rings is 1. The highest BCUT2D eigenvalue weighted by Crippen LogP contribution is 2.00. The molecule has 14 heavy (non-hydrogen) atoms. The van der Waals surface area contributed by atoms with Crippen LogP contribution >= 0.6 is 0 Å². The molecule has 0 bridgehead atoms. The van der Waals surface area contributed by atoms with Crippen LogP contribution in [0.25, 0.3) is 0 Å². The summed E-state index contributed by atoms with van der Waals surface area (Å²) in [5, 5.41) is 3.74. The van der Waals surface area contributed by atoms with Crippen molar-refractivity contribution in [1.29, 1.82) is 0 Å². The van der Waals surface area contributed by atoms with Gasteiger partial charge in [0.25, 0.3) is 0 Å². The maximum atomic E-state index is 4.94. The number of aromatic nitrogens is 2. The van der Waals surface area contributed by atoms with Crippen molar-refractivity contribution in [3.8, 4) is 11.8 Å². The third kappa shape index (κ3) is 1.99. The van der Waals surface area contributed by atoms with Gasteiger partial charge in [0.1, 0.15) is 0 Å². The summed E-state index contributed by atoms with van der Waals surface area (Å²) < 4.78 is 4.94. The minimum Gasteiger partial charge on any atom is -0.347 e. The highest BCUT2D eigenvalue weighted by atomic mass is 16.5. The van der Waals surface area contributed by atoms with Crippen LogP contribution in [-0.4, -0.2) is 10.1 Å². The molecule has 0 aliphatic heterocycles. The van der Waals surface area contributed by atoms with Gasteiger partial charge in [-0.3, -0.25) is 4.98 Å². The summed E-state index contributed by atoms with van der Waals surface area (Å²) in [7, 11) is 0. The van der Waals surface area contributed by atoms with E-state index in [1.54, 1.807) is 18.5 Å². The Morgan fingerprint density at radius 1 is 1.36 bits per heavy atom. The van der Waals surface area contributed by atoms with Crippen LogP contribution in [0.5, 0.6) is 0 Å². The van der Waals surface area contributed by atoms with E-state index in [9.17, 15) is 0 Å². The normalized spacial score (nSPS) is 9.21. The van der Waals surface area contributed by atoms with Gasteiger partial charge < -0.3 is 4.52 Å². The lowest BCUT2D eigenvalue weighted by atomic mass is 10.3. The van der Waals surface area contributed by atoms with Gasteiger partial charge in [0, 0.05) is 24.0 Å². The maximum Gasteiger partial charge on any atom is 0.210 e. The Labute approximate surface area is 81.8 Å². The molecule has 2 aromatic heterocycles. The smallest absolute Gasteiger partial charge is 0.210 e. The number of aryl methyl sites for hydroxylation is 1. The van der Waals surface area contributed by atoms with E-state index < -0.39 is 0 Å². The van der Waals surface area contributed by atoms with Gasteiger partial charge in [-0.15, -0.1) is 0 Å². The van der Waals surface area contributed by atoms with Crippen molar-refractivity contribution in [1.82, 2.24) is 10.1 Å².